The van der Waals surface area contributed by atoms with Crippen LogP contribution in [-0.2, 0) is 6.42 Å². The number of aryl methyl sites for hydroxylation is 1. The summed E-state index contributed by atoms with van der Waals surface area (Å²) in [5, 5.41) is 11.1. The molecule has 0 spiro atoms. The Morgan fingerprint density at radius 2 is 1.95 bits per heavy atom. The van der Waals surface area contributed by atoms with E-state index in [0.717, 1.165) is 24.0 Å². The summed E-state index contributed by atoms with van der Waals surface area (Å²) in [6, 6.07) is 0. The molecule has 1 aromatic rings. The van der Waals surface area contributed by atoms with Crippen molar-refractivity contribution >= 4 is 0 Å². The van der Waals surface area contributed by atoms with Crippen LogP contribution in [0.15, 0.2) is 0 Å². The highest BCUT2D eigenvalue weighted by molar-refractivity contribution is 4.99. The van der Waals surface area contributed by atoms with E-state index in [4.69, 9.17) is 4.98 Å². The zero-order valence-electron chi connectivity index (χ0n) is 11.8. The molecule has 1 unspecified atom stereocenters. The van der Waals surface area contributed by atoms with Gasteiger partial charge in [0, 0.05) is 12.3 Å². The Morgan fingerprint density at radius 3 is 2.74 bits per heavy atom. The lowest BCUT2D eigenvalue weighted by atomic mass is 9.89. The van der Waals surface area contributed by atoms with Crippen LogP contribution in [0.1, 0.15) is 68.9 Å². The first-order chi connectivity index (χ1) is 9.42. The van der Waals surface area contributed by atoms with Gasteiger partial charge in [0.15, 0.2) is 5.82 Å². The molecule has 0 aromatic carbocycles. The van der Waals surface area contributed by atoms with Crippen molar-refractivity contribution in [2.24, 2.45) is 5.92 Å². The standard InChI is InChI=1S/C15H26N4/c1-2-6-13(7-3-1)15-17-14(18-19-15)9-8-12-5-4-10-16-11-12/h12-13,16H,1-11H2,(H,17,18,19). The second-order valence-corrected chi connectivity index (χ2v) is 6.23. The van der Waals surface area contributed by atoms with Crippen LogP contribution in [0.3, 0.4) is 0 Å². The largest absolute Gasteiger partial charge is 0.316 e. The lowest BCUT2D eigenvalue weighted by Crippen LogP contribution is -2.30. The van der Waals surface area contributed by atoms with E-state index in [-0.39, 0.29) is 0 Å². The van der Waals surface area contributed by atoms with Gasteiger partial charge >= 0.3 is 0 Å². The lowest BCUT2D eigenvalue weighted by Gasteiger charge is -2.22. The highest BCUT2D eigenvalue weighted by Crippen LogP contribution is 2.30. The molecule has 0 radical (unpaired) electrons. The van der Waals surface area contributed by atoms with Crippen molar-refractivity contribution in [3.8, 4) is 0 Å². The van der Waals surface area contributed by atoms with Crippen molar-refractivity contribution in [2.75, 3.05) is 13.1 Å². The van der Waals surface area contributed by atoms with Crippen LogP contribution in [0.25, 0.3) is 0 Å². The van der Waals surface area contributed by atoms with Crippen molar-refractivity contribution in [1.82, 2.24) is 20.5 Å². The minimum atomic E-state index is 0.620. The van der Waals surface area contributed by atoms with E-state index in [0.29, 0.717) is 5.92 Å². The highest BCUT2D eigenvalue weighted by atomic mass is 15.2. The van der Waals surface area contributed by atoms with Gasteiger partial charge in [0.25, 0.3) is 0 Å². The van der Waals surface area contributed by atoms with Gasteiger partial charge in [-0.2, -0.15) is 5.10 Å². The fourth-order valence-corrected chi connectivity index (χ4v) is 3.48. The van der Waals surface area contributed by atoms with E-state index in [1.54, 1.807) is 0 Å². The Kier molecular flexibility index (Phi) is 4.49. The molecule has 2 fully saturated rings. The van der Waals surface area contributed by atoms with Crippen molar-refractivity contribution in [1.29, 1.82) is 0 Å². The molecule has 4 nitrogen and oxygen atoms in total. The van der Waals surface area contributed by atoms with Crippen molar-refractivity contribution in [3.63, 3.8) is 0 Å². The topological polar surface area (TPSA) is 53.6 Å². The molecule has 1 atom stereocenters. The van der Waals surface area contributed by atoms with Gasteiger partial charge in [0.05, 0.1) is 0 Å². The van der Waals surface area contributed by atoms with Crippen LogP contribution < -0.4 is 5.32 Å². The van der Waals surface area contributed by atoms with E-state index < -0.39 is 0 Å². The minimum absolute atomic E-state index is 0.620. The summed E-state index contributed by atoms with van der Waals surface area (Å²) >= 11 is 0. The molecule has 0 amide bonds. The summed E-state index contributed by atoms with van der Waals surface area (Å²) < 4.78 is 0. The number of hydrogen-bond donors (Lipinski definition) is 2. The fraction of sp³-hybridized carbons (Fsp3) is 0.867. The number of aromatic amines is 1. The van der Waals surface area contributed by atoms with Crippen LogP contribution >= 0.6 is 0 Å². The van der Waals surface area contributed by atoms with Crippen LogP contribution in [-0.4, -0.2) is 28.3 Å². The zero-order chi connectivity index (χ0) is 12.9. The Morgan fingerprint density at radius 1 is 1.05 bits per heavy atom. The Hall–Kier alpha value is -0.900. The first-order valence-corrected chi connectivity index (χ1v) is 8.04. The maximum atomic E-state index is 4.73. The predicted octanol–water partition coefficient (Wildman–Crippen LogP) is 2.78. The quantitative estimate of drug-likeness (QED) is 0.877. The van der Waals surface area contributed by atoms with Gasteiger partial charge in [-0.05, 0) is 51.1 Å². The van der Waals surface area contributed by atoms with Gasteiger partial charge in [-0.15, -0.1) is 0 Å². The van der Waals surface area contributed by atoms with Crippen molar-refractivity contribution < 1.29 is 0 Å². The smallest absolute Gasteiger partial charge is 0.153 e. The molecule has 1 saturated carbocycles. The monoisotopic (exact) mass is 262 g/mol. The van der Waals surface area contributed by atoms with Gasteiger partial charge in [-0.1, -0.05) is 19.3 Å². The molecule has 1 aromatic heterocycles. The number of piperidine rings is 1. The maximum Gasteiger partial charge on any atom is 0.153 e. The van der Waals surface area contributed by atoms with Gasteiger partial charge in [0.2, 0.25) is 0 Å². The molecule has 0 bridgehead atoms. The molecule has 1 saturated heterocycles. The lowest BCUT2D eigenvalue weighted by molar-refractivity contribution is 0.356. The minimum Gasteiger partial charge on any atom is -0.316 e. The predicted molar refractivity (Wildman–Crippen MR) is 76.1 cm³/mol. The van der Waals surface area contributed by atoms with Gasteiger partial charge in [-0.3, -0.25) is 5.10 Å². The van der Waals surface area contributed by atoms with Crippen molar-refractivity contribution in [2.45, 2.75) is 63.7 Å². The number of rotatable bonds is 4. The second-order valence-electron chi connectivity index (χ2n) is 6.23. The summed E-state index contributed by atoms with van der Waals surface area (Å²) in [7, 11) is 0. The van der Waals surface area contributed by atoms with Crippen molar-refractivity contribution in [3.05, 3.63) is 11.6 Å². The van der Waals surface area contributed by atoms with E-state index in [9.17, 15) is 0 Å². The summed E-state index contributed by atoms with van der Waals surface area (Å²) in [6.07, 6.45) is 11.7. The molecule has 19 heavy (non-hydrogen) atoms. The van der Waals surface area contributed by atoms with Gasteiger partial charge < -0.3 is 5.32 Å². The number of nitrogens with one attached hydrogen (secondary N) is 2. The molecule has 106 valence electrons. The van der Waals surface area contributed by atoms with Crippen LogP contribution in [0.4, 0.5) is 0 Å². The van der Waals surface area contributed by atoms with E-state index in [2.05, 4.69) is 15.5 Å². The molecule has 2 N–H and O–H groups in total. The number of H-pyrrole nitrogens is 1. The maximum absolute atomic E-state index is 4.73. The van der Waals surface area contributed by atoms with Gasteiger partial charge in [0.1, 0.15) is 5.82 Å². The molecule has 1 aliphatic heterocycles. The summed E-state index contributed by atoms with van der Waals surface area (Å²) in [5.41, 5.74) is 0. The molecule has 2 aliphatic rings. The molecule has 4 heteroatoms. The third-order valence-corrected chi connectivity index (χ3v) is 4.71. The number of aromatic nitrogens is 3. The molecule has 1 aliphatic carbocycles. The molecule has 3 rings (SSSR count). The zero-order valence-corrected chi connectivity index (χ0v) is 11.8. The summed E-state index contributed by atoms with van der Waals surface area (Å²) in [5.74, 6) is 3.63. The third kappa shape index (κ3) is 3.56. The van der Waals surface area contributed by atoms with Crippen LogP contribution in [0, 0.1) is 5.92 Å². The fourth-order valence-electron chi connectivity index (χ4n) is 3.48. The normalized spacial score (nSPS) is 25.6. The van der Waals surface area contributed by atoms with Crippen LogP contribution in [0.5, 0.6) is 0 Å². The molecular formula is C15H26N4. The first kappa shape index (κ1) is 13.1. The average molecular weight is 262 g/mol. The summed E-state index contributed by atoms with van der Waals surface area (Å²) in [6.45, 7) is 2.38. The number of nitrogens with zero attached hydrogens (tertiary/aromatic N) is 2. The van der Waals surface area contributed by atoms with E-state index in [1.807, 2.05) is 0 Å². The second kappa shape index (κ2) is 6.51. The van der Waals surface area contributed by atoms with Gasteiger partial charge in [-0.25, -0.2) is 4.98 Å². The Balaban J connectivity index is 1.49. The first-order valence-electron chi connectivity index (χ1n) is 8.04. The Bertz CT molecular complexity index is 375. The van der Waals surface area contributed by atoms with E-state index >= 15 is 0 Å². The van der Waals surface area contributed by atoms with Crippen LogP contribution in [0.2, 0.25) is 0 Å². The molecule has 2 heterocycles. The Labute approximate surface area is 115 Å². The van der Waals surface area contributed by atoms with E-state index in [1.165, 1.54) is 64.5 Å². The number of hydrogen-bond acceptors (Lipinski definition) is 3. The molecular weight excluding hydrogens is 236 g/mol. The third-order valence-electron chi connectivity index (χ3n) is 4.71. The average Bonchev–Trinajstić information content (AvgIpc) is 2.96. The summed E-state index contributed by atoms with van der Waals surface area (Å²) in [4.78, 5) is 4.73. The highest BCUT2D eigenvalue weighted by Gasteiger charge is 2.20. The SMILES string of the molecule is C1CCC(c2n[nH]c(CCC3CCCNC3)n2)CC1.